The molecule has 154 valence electrons. The molecule has 2 heterocycles. The number of aromatic nitrogens is 2. The molecule has 9 heteroatoms. The summed E-state index contributed by atoms with van der Waals surface area (Å²) in [5.74, 6) is 0.0753. The zero-order chi connectivity index (χ0) is 20.6. The predicted octanol–water partition coefficient (Wildman–Crippen LogP) is 3.52. The number of hydrogen-bond donors (Lipinski definition) is 1. The number of hydrogen-bond acceptors (Lipinski definition) is 5. The van der Waals surface area contributed by atoms with Gasteiger partial charge in [-0.15, -0.1) is 13.2 Å². The Morgan fingerprint density at radius 3 is 2.52 bits per heavy atom. The van der Waals surface area contributed by atoms with E-state index in [9.17, 15) is 18.3 Å². The van der Waals surface area contributed by atoms with Crippen molar-refractivity contribution in [3.05, 3.63) is 53.9 Å². The van der Waals surface area contributed by atoms with E-state index < -0.39 is 6.36 Å². The Bertz CT molecular complexity index is 917. The number of aliphatic imine (C=N–C) groups is 1. The van der Waals surface area contributed by atoms with Crippen LogP contribution in [0.1, 0.15) is 30.1 Å². The zero-order valence-electron chi connectivity index (χ0n) is 15.8. The van der Waals surface area contributed by atoms with Gasteiger partial charge in [0.05, 0.1) is 18.8 Å². The topological polar surface area (TPSA) is 62.9 Å². The molecule has 4 rings (SSSR count). The summed E-state index contributed by atoms with van der Waals surface area (Å²) >= 11 is 0. The molecule has 0 amide bonds. The highest BCUT2D eigenvalue weighted by Crippen LogP contribution is 2.43. The summed E-state index contributed by atoms with van der Waals surface area (Å²) in [6, 6.07) is 5.60. The molecule has 29 heavy (non-hydrogen) atoms. The van der Waals surface area contributed by atoms with E-state index >= 15 is 0 Å². The van der Waals surface area contributed by atoms with Gasteiger partial charge in [0, 0.05) is 30.7 Å². The number of aryl methyl sites for hydroxylation is 1. The van der Waals surface area contributed by atoms with Crippen molar-refractivity contribution in [3.8, 4) is 5.75 Å². The Kier molecular flexibility index (Phi) is 5.08. The van der Waals surface area contributed by atoms with Crippen molar-refractivity contribution in [2.75, 3.05) is 6.61 Å². The number of alkyl halides is 3. The maximum atomic E-state index is 12.5. The molecule has 0 radical (unpaired) electrons. The summed E-state index contributed by atoms with van der Waals surface area (Å²) in [6.45, 7) is -0.0381. The molecule has 0 spiro atoms. The predicted molar refractivity (Wildman–Crippen MR) is 101 cm³/mol. The van der Waals surface area contributed by atoms with E-state index in [4.69, 9.17) is 0 Å². The summed E-state index contributed by atoms with van der Waals surface area (Å²) in [7, 11) is 1.82. The van der Waals surface area contributed by atoms with Crippen LogP contribution in [0.15, 0.2) is 47.7 Å². The first-order valence-electron chi connectivity index (χ1n) is 9.33. The SMILES string of the molecule is Cn1cc(C2N=CC=C(c3ccc(OC(F)(F)F)cc3)N2[C@H](CO)C2CC2)cn1. The van der Waals surface area contributed by atoms with Crippen LogP contribution in [0, 0.1) is 5.92 Å². The van der Waals surface area contributed by atoms with E-state index in [0.29, 0.717) is 5.92 Å². The molecule has 1 aromatic carbocycles. The summed E-state index contributed by atoms with van der Waals surface area (Å²) < 4.78 is 43.0. The van der Waals surface area contributed by atoms with Crippen molar-refractivity contribution in [2.24, 2.45) is 18.0 Å². The number of rotatable bonds is 6. The summed E-state index contributed by atoms with van der Waals surface area (Å²) in [4.78, 5) is 6.65. The third-order valence-corrected chi connectivity index (χ3v) is 5.12. The number of aliphatic hydroxyl groups is 1. The van der Waals surface area contributed by atoms with Gasteiger partial charge < -0.3 is 14.7 Å². The molecule has 1 aliphatic heterocycles. The van der Waals surface area contributed by atoms with Crippen LogP contribution in [0.2, 0.25) is 0 Å². The van der Waals surface area contributed by atoms with E-state index in [2.05, 4.69) is 14.8 Å². The van der Waals surface area contributed by atoms with Crippen LogP contribution in [0.5, 0.6) is 5.75 Å². The second kappa shape index (κ2) is 7.55. The Labute approximate surface area is 165 Å². The highest BCUT2D eigenvalue weighted by atomic mass is 19.4. The fourth-order valence-corrected chi connectivity index (χ4v) is 3.68. The van der Waals surface area contributed by atoms with Gasteiger partial charge in [0.15, 0.2) is 6.17 Å². The van der Waals surface area contributed by atoms with Crippen molar-refractivity contribution in [2.45, 2.75) is 31.4 Å². The van der Waals surface area contributed by atoms with Gasteiger partial charge in [0.25, 0.3) is 0 Å². The number of halogens is 3. The van der Waals surface area contributed by atoms with Crippen LogP contribution in [0.4, 0.5) is 13.2 Å². The number of allylic oxidation sites excluding steroid dienone is 1. The molecule has 1 N–H and O–H groups in total. The highest BCUT2D eigenvalue weighted by molar-refractivity contribution is 5.86. The minimum absolute atomic E-state index is 0.0381. The second-order valence-electron chi connectivity index (χ2n) is 7.24. The monoisotopic (exact) mass is 406 g/mol. The van der Waals surface area contributed by atoms with Crippen LogP contribution in [0.3, 0.4) is 0 Å². The molecule has 2 aliphatic rings. The van der Waals surface area contributed by atoms with Gasteiger partial charge in [-0.2, -0.15) is 5.10 Å². The summed E-state index contributed by atoms with van der Waals surface area (Å²) in [5, 5.41) is 14.3. The van der Waals surface area contributed by atoms with Gasteiger partial charge in [-0.1, -0.05) is 0 Å². The molecule has 0 bridgehead atoms. The lowest BCUT2D eigenvalue weighted by Crippen LogP contribution is -2.41. The number of nitrogens with zero attached hydrogens (tertiary/aromatic N) is 4. The first-order valence-corrected chi connectivity index (χ1v) is 9.33. The van der Waals surface area contributed by atoms with E-state index in [1.54, 1.807) is 29.2 Å². The Morgan fingerprint density at radius 1 is 1.24 bits per heavy atom. The van der Waals surface area contributed by atoms with Gasteiger partial charge in [0.2, 0.25) is 0 Å². The lowest BCUT2D eigenvalue weighted by Gasteiger charge is -2.40. The van der Waals surface area contributed by atoms with Crippen LogP contribution in [0.25, 0.3) is 5.70 Å². The first kappa shape index (κ1) is 19.5. The molecule has 0 saturated heterocycles. The number of ether oxygens (including phenoxy) is 1. The third kappa shape index (κ3) is 4.29. The first-order chi connectivity index (χ1) is 13.9. The third-order valence-electron chi connectivity index (χ3n) is 5.12. The van der Waals surface area contributed by atoms with Crippen molar-refractivity contribution in [3.63, 3.8) is 0 Å². The van der Waals surface area contributed by atoms with Crippen molar-refractivity contribution in [1.29, 1.82) is 0 Å². The average molecular weight is 406 g/mol. The fourth-order valence-electron chi connectivity index (χ4n) is 3.68. The molecule has 2 aromatic rings. The standard InChI is InChI=1S/C20H21F3N4O2/c1-26-11-15(10-25-26)19-24-9-8-17(27(19)18(12-28)14-2-3-14)13-4-6-16(7-5-13)29-20(21,22)23/h4-11,14,18-19,28H,2-3,12H2,1H3/t18-,19?/m1/s1. The number of aliphatic hydroxyl groups excluding tert-OH is 1. The van der Waals surface area contributed by atoms with E-state index in [0.717, 1.165) is 29.7 Å². The molecule has 1 aliphatic carbocycles. The summed E-state index contributed by atoms with van der Waals surface area (Å²) in [5.41, 5.74) is 2.39. The van der Waals surface area contributed by atoms with Gasteiger partial charge >= 0.3 is 6.36 Å². The Balaban J connectivity index is 1.68. The van der Waals surface area contributed by atoms with E-state index in [-0.39, 0.29) is 24.6 Å². The quantitative estimate of drug-likeness (QED) is 0.798. The molecule has 6 nitrogen and oxygen atoms in total. The van der Waals surface area contributed by atoms with Crippen LogP contribution >= 0.6 is 0 Å². The molecule has 1 aromatic heterocycles. The average Bonchev–Trinajstić information content (AvgIpc) is 3.42. The van der Waals surface area contributed by atoms with Gasteiger partial charge in [-0.05, 0) is 54.7 Å². The van der Waals surface area contributed by atoms with Crippen LogP contribution in [-0.2, 0) is 7.05 Å². The fraction of sp³-hybridized carbons (Fsp3) is 0.400. The smallest absolute Gasteiger partial charge is 0.406 e. The zero-order valence-corrected chi connectivity index (χ0v) is 15.8. The summed E-state index contributed by atoms with van der Waals surface area (Å²) in [6.07, 6.45) is 4.06. The van der Waals surface area contributed by atoms with E-state index in [1.807, 2.05) is 24.2 Å². The van der Waals surface area contributed by atoms with Gasteiger partial charge in [-0.3, -0.25) is 9.67 Å². The molecule has 1 saturated carbocycles. The minimum Gasteiger partial charge on any atom is -0.406 e. The molecule has 2 atom stereocenters. The van der Waals surface area contributed by atoms with Crippen molar-refractivity contribution >= 4 is 11.9 Å². The Morgan fingerprint density at radius 2 is 1.97 bits per heavy atom. The second-order valence-corrected chi connectivity index (χ2v) is 7.24. The molecular weight excluding hydrogens is 385 g/mol. The van der Waals surface area contributed by atoms with Crippen molar-refractivity contribution in [1.82, 2.24) is 14.7 Å². The molecule has 1 fully saturated rings. The van der Waals surface area contributed by atoms with Gasteiger partial charge in [-0.25, -0.2) is 0 Å². The lowest BCUT2D eigenvalue weighted by molar-refractivity contribution is -0.274. The maximum absolute atomic E-state index is 12.5. The molecular formula is C20H21F3N4O2. The molecule has 1 unspecified atom stereocenters. The minimum atomic E-state index is -4.73. The van der Waals surface area contributed by atoms with Crippen LogP contribution < -0.4 is 4.74 Å². The highest BCUT2D eigenvalue weighted by Gasteiger charge is 2.40. The van der Waals surface area contributed by atoms with Crippen molar-refractivity contribution < 1.29 is 23.0 Å². The van der Waals surface area contributed by atoms with E-state index in [1.165, 1.54) is 12.1 Å². The largest absolute Gasteiger partial charge is 0.573 e. The lowest BCUT2D eigenvalue weighted by atomic mass is 10.0. The number of benzene rings is 1. The Hall–Kier alpha value is -2.81. The maximum Gasteiger partial charge on any atom is 0.573 e. The van der Waals surface area contributed by atoms with Gasteiger partial charge in [0.1, 0.15) is 5.75 Å². The normalized spacial score (nSPS) is 20.5. The van der Waals surface area contributed by atoms with Crippen LogP contribution in [-0.4, -0.2) is 45.0 Å².